The van der Waals surface area contributed by atoms with Crippen LogP contribution < -0.4 is 0 Å². The fraction of sp³-hybridized carbons (Fsp3) is 0.184. The summed E-state index contributed by atoms with van der Waals surface area (Å²) in [5.41, 5.74) is 18.6. The van der Waals surface area contributed by atoms with Gasteiger partial charge in [-0.2, -0.15) is 0 Å². The van der Waals surface area contributed by atoms with Crippen LogP contribution in [0, 0.1) is 0 Å². The minimum absolute atomic E-state index is 0.0126. The number of allylic oxidation sites excluding steroid dienone is 7. The summed E-state index contributed by atoms with van der Waals surface area (Å²) in [4.78, 5) is 0. The SMILES string of the molecule is C/C=C\C=C/c1cc2cc3c(cc2n1-c1ccc2c(c1)c1cc4c(cc1n2-c1ccccc1)C(C)(C)C1=C4C=CCC1)C(C)(C)c1ccccc1-3. The molecule has 0 amide bonds. The number of nitrogens with zero attached hydrogens (tertiary/aromatic N) is 2. The topological polar surface area (TPSA) is 9.86 Å². The Kier molecular flexibility index (Phi) is 6.35. The highest BCUT2D eigenvalue weighted by Crippen LogP contribution is 2.53. The number of benzene rings is 5. The molecule has 0 radical (unpaired) electrons. The lowest BCUT2D eigenvalue weighted by Gasteiger charge is -2.25. The molecule has 3 aliphatic rings. The van der Waals surface area contributed by atoms with Crippen molar-refractivity contribution in [2.75, 3.05) is 0 Å². The second-order valence-electron chi connectivity index (χ2n) is 15.7. The van der Waals surface area contributed by atoms with Crippen molar-refractivity contribution in [3.8, 4) is 22.5 Å². The van der Waals surface area contributed by atoms with Crippen LogP contribution in [0.4, 0.5) is 0 Å². The summed E-state index contributed by atoms with van der Waals surface area (Å²) in [7, 11) is 0. The van der Waals surface area contributed by atoms with Gasteiger partial charge < -0.3 is 9.13 Å². The Balaban J connectivity index is 1.26. The third-order valence-corrected chi connectivity index (χ3v) is 12.2. The van der Waals surface area contributed by atoms with E-state index in [0.29, 0.717) is 0 Å². The first-order valence-corrected chi connectivity index (χ1v) is 18.5. The van der Waals surface area contributed by atoms with E-state index in [1.807, 2.05) is 0 Å². The average molecular weight is 659 g/mol. The van der Waals surface area contributed by atoms with Gasteiger partial charge in [-0.05, 0) is 125 Å². The van der Waals surface area contributed by atoms with Crippen LogP contribution in [0.15, 0.2) is 139 Å². The van der Waals surface area contributed by atoms with E-state index in [2.05, 4.69) is 183 Å². The number of para-hydroxylation sites is 1. The number of aromatic nitrogens is 2. The molecule has 0 saturated heterocycles. The molecule has 0 atom stereocenters. The van der Waals surface area contributed by atoms with Crippen molar-refractivity contribution < 1.29 is 0 Å². The summed E-state index contributed by atoms with van der Waals surface area (Å²) in [5.74, 6) is 0. The monoisotopic (exact) mass is 658 g/mol. The fourth-order valence-electron chi connectivity index (χ4n) is 9.62. The van der Waals surface area contributed by atoms with Crippen molar-refractivity contribution in [2.24, 2.45) is 0 Å². The molecular formula is C49H42N2. The van der Waals surface area contributed by atoms with E-state index in [9.17, 15) is 0 Å². The lowest BCUT2D eigenvalue weighted by molar-refractivity contribution is 0.608. The van der Waals surface area contributed by atoms with Gasteiger partial charge in [0.2, 0.25) is 0 Å². The van der Waals surface area contributed by atoms with Gasteiger partial charge in [-0.3, -0.25) is 0 Å². The third-order valence-electron chi connectivity index (χ3n) is 12.2. The number of rotatable bonds is 4. The molecule has 0 unspecified atom stereocenters. The van der Waals surface area contributed by atoms with E-state index in [1.54, 1.807) is 5.57 Å². The van der Waals surface area contributed by atoms with Gasteiger partial charge >= 0.3 is 0 Å². The van der Waals surface area contributed by atoms with Crippen molar-refractivity contribution in [3.63, 3.8) is 0 Å². The van der Waals surface area contributed by atoms with E-state index >= 15 is 0 Å². The molecule has 2 heteroatoms. The predicted molar refractivity (Wildman–Crippen MR) is 217 cm³/mol. The first kappa shape index (κ1) is 30.2. The van der Waals surface area contributed by atoms with Gasteiger partial charge in [0.05, 0.1) is 16.6 Å². The van der Waals surface area contributed by atoms with E-state index in [0.717, 1.165) is 12.8 Å². The molecule has 5 aromatic carbocycles. The van der Waals surface area contributed by atoms with Crippen LogP contribution in [0.5, 0.6) is 0 Å². The van der Waals surface area contributed by atoms with Crippen LogP contribution in [-0.2, 0) is 10.8 Å². The molecule has 2 aromatic heterocycles. The lowest BCUT2D eigenvalue weighted by Crippen LogP contribution is -2.17. The molecule has 7 aromatic rings. The average Bonchev–Trinajstić information content (AvgIpc) is 3.81. The Hall–Kier alpha value is -5.60. The molecule has 0 fully saturated rings. The van der Waals surface area contributed by atoms with Crippen molar-refractivity contribution in [2.45, 2.75) is 58.3 Å². The summed E-state index contributed by atoms with van der Waals surface area (Å²) in [6, 6.07) is 39.2. The standard InChI is InChI=1S/C49H42N2/c1-6-7-9-18-33-25-31-26-37-35-19-12-14-21-41(35)48(2,3)43(37)29-46(31)50(33)34-23-24-45-39(27-34)40-28-38-36-20-13-15-22-42(36)49(4,5)44(38)30-47(40)51(45)32-16-10-8-11-17-32/h6-14,16-21,23-30H,15,22H2,1-5H3/b7-6-,18-9-. The van der Waals surface area contributed by atoms with Crippen molar-refractivity contribution in [1.82, 2.24) is 9.13 Å². The summed E-state index contributed by atoms with van der Waals surface area (Å²) >= 11 is 0. The van der Waals surface area contributed by atoms with Crippen molar-refractivity contribution in [1.29, 1.82) is 0 Å². The first-order valence-electron chi connectivity index (χ1n) is 18.5. The largest absolute Gasteiger partial charge is 0.310 e. The molecule has 2 nitrogen and oxygen atoms in total. The van der Waals surface area contributed by atoms with Gasteiger partial charge in [0.15, 0.2) is 0 Å². The number of fused-ring (bicyclic) bond motifs is 9. The zero-order valence-electron chi connectivity index (χ0n) is 30.1. The van der Waals surface area contributed by atoms with E-state index in [1.165, 1.54) is 88.7 Å². The Morgan fingerprint density at radius 2 is 1.35 bits per heavy atom. The van der Waals surface area contributed by atoms with Crippen LogP contribution in [0.2, 0.25) is 0 Å². The van der Waals surface area contributed by atoms with Crippen molar-refractivity contribution in [3.05, 3.63) is 167 Å². The molecule has 51 heavy (non-hydrogen) atoms. The van der Waals surface area contributed by atoms with Gasteiger partial charge in [0.1, 0.15) is 0 Å². The quantitative estimate of drug-likeness (QED) is 0.167. The second kappa shape index (κ2) is 10.7. The van der Waals surface area contributed by atoms with E-state index < -0.39 is 0 Å². The van der Waals surface area contributed by atoms with Crippen LogP contribution in [0.1, 0.15) is 75.4 Å². The van der Waals surface area contributed by atoms with Crippen LogP contribution in [0.3, 0.4) is 0 Å². The van der Waals surface area contributed by atoms with E-state index in [-0.39, 0.29) is 10.8 Å². The highest BCUT2D eigenvalue weighted by atomic mass is 15.0. The molecule has 0 spiro atoms. The predicted octanol–water partition coefficient (Wildman–Crippen LogP) is 13.0. The zero-order valence-corrected chi connectivity index (χ0v) is 30.1. The molecule has 0 saturated carbocycles. The minimum atomic E-state index is -0.0709. The maximum atomic E-state index is 2.50. The van der Waals surface area contributed by atoms with Gasteiger partial charge in [-0.1, -0.05) is 106 Å². The highest BCUT2D eigenvalue weighted by molar-refractivity contribution is 6.12. The van der Waals surface area contributed by atoms with Gasteiger partial charge in [0, 0.05) is 44.1 Å². The minimum Gasteiger partial charge on any atom is -0.310 e. The molecule has 0 N–H and O–H groups in total. The summed E-state index contributed by atoms with van der Waals surface area (Å²) in [6.45, 7) is 11.7. The van der Waals surface area contributed by atoms with Gasteiger partial charge in [-0.25, -0.2) is 0 Å². The highest BCUT2D eigenvalue weighted by Gasteiger charge is 2.38. The van der Waals surface area contributed by atoms with Gasteiger partial charge in [-0.15, -0.1) is 0 Å². The third kappa shape index (κ3) is 4.17. The molecular weight excluding hydrogens is 617 g/mol. The number of hydrogen-bond donors (Lipinski definition) is 0. The molecule has 0 aliphatic heterocycles. The first-order chi connectivity index (χ1) is 24.8. The Morgan fingerprint density at radius 3 is 2.20 bits per heavy atom. The maximum absolute atomic E-state index is 2.50. The molecule has 10 rings (SSSR count). The summed E-state index contributed by atoms with van der Waals surface area (Å²) in [5, 5.41) is 3.84. The Labute approximate surface area is 300 Å². The van der Waals surface area contributed by atoms with Crippen LogP contribution in [0.25, 0.3) is 66.9 Å². The summed E-state index contributed by atoms with van der Waals surface area (Å²) in [6.07, 6.45) is 15.6. The zero-order chi connectivity index (χ0) is 34.6. The van der Waals surface area contributed by atoms with Gasteiger partial charge in [0.25, 0.3) is 0 Å². The molecule has 0 bridgehead atoms. The van der Waals surface area contributed by atoms with Crippen molar-refractivity contribution >= 4 is 44.4 Å². The molecule has 248 valence electrons. The summed E-state index contributed by atoms with van der Waals surface area (Å²) < 4.78 is 4.95. The normalized spacial score (nSPS) is 17.0. The smallest absolute Gasteiger partial charge is 0.0544 e. The molecule has 3 aliphatic carbocycles. The molecule has 2 heterocycles. The Morgan fingerprint density at radius 1 is 0.588 bits per heavy atom. The lowest BCUT2D eigenvalue weighted by atomic mass is 9.78. The van der Waals surface area contributed by atoms with Crippen LogP contribution >= 0.6 is 0 Å². The second-order valence-corrected chi connectivity index (χ2v) is 15.7. The Bertz CT molecular complexity index is 2730. The van der Waals surface area contributed by atoms with Crippen LogP contribution in [-0.4, -0.2) is 9.13 Å². The van der Waals surface area contributed by atoms with E-state index in [4.69, 9.17) is 0 Å². The number of hydrogen-bond acceptors (Lipinski definition) is 0. The fourth-order valence-corrected chi connectivity index (χ4v) is 9.62. The maximum Gasteiger partial charge on any atom is 0.0544 e.